The highest BCUT2D eigenvalue weighted by atomic mass is 35.5. The van der Waals surface area contributed by atoms with Gasteiger partial charge in [0, 0.05) is 17.7 Å². The van der Waals surface area contributed by atoms with Crippen LogP contribution in [0, 0.1) is 0 Å². The van der Waals surface area contributed by atoms with Crippen molar-refractivity contribution in [1.29, 1.82) is 0 Å². The first-order valence-electron chi connectivity index (χ1n) is 7.18. The molecule has 1 unspecified atom stereocenters. The zero-order valence-electron chi connectivity index (χ0n) is 11.8. The van der Waals surface area contributed by atoms with Crippen molar-refractivity contribution >= 4 is 39.1 Å². The number of fused-ring (bicyclic) bond motifs is 4. The third kappa shape index (κ3) is 1.58. The molecule has 7 heteroatoms. The van der Waals surface area contributed by atoms with Gasteiger partial charge in [-0.3, -0.25) is 9.69 Å². The lowest BCUT2D eigenvalue weighted by atomic mass is 10.00. The van der Waals surface area contributed by atoms with Crippen molar-refractivity contribution in [1.82, 2.24) is 14.9 Å². The molecule has 4 heterocycles. The first-order valence-corrected chi connectivity index (χ1v) is 8.37. The molecule has 1 fully saturated rings. The van der Waals surface area contributed by atoms with Gasteiger partial charge in [0.2, 0.25) is 5.72 Å². The minimum absolute atomic E-state index is 0.00716. The third-order valence-electron chi connectivity index (χ3n) is 4.38. The molecule has 1 amide bonds. The van der Waals surface area contributed by atoms with Gasteiger partial charge in [-0.2, -0.15) is 0 Å². The van der Waals surface area contributed by atoms with E-state index in [1.165, 1.54) is 17.7 Å². The van der Waals surface area contributed by atoms with Crippen LogP contribution < -0.4 is 0 Å². The number of aromatic nitrogens is 2. The van der Waals surface area contributed by atoms with E-state index in [1.807, 2.05) is 30.3 Å². The lowest BCUT2D eigenvalue weighted by Crippen LogP contribution is -2.39. The van der Waals surface area contributed by atoms with Crippen LogP contribution in [0.1, 0.15) is 20.8 Å². The number of thiophene rings is 1. The molecule has 1 aromatic carbocycles. The van der Waals surface area contributed by atoms with Gasteiger partial charge in [-0.1, -0.05) is 29.8 Å². The Morgan fingerprint density at radius 2 is 2.17 bits per heavy atom. The lowest BCUT2D eigenvalue weighted by Gasteiger charge is -2.30. The van der Waals surface area contributed by atoms with Crippen molar-refractivity contribution in [3.63, 3.8) is 0 Å². The number of ether oxygens (including phenoxy) is 1. The summed E-state index contributed by atoms with van der Waals surface area (Å²) in [5.41, 5.74) is 1.49. The maximum absolute atomic E-state index is 12.7. The topological polar surface area (TPSA) is 55.3 Å². The van der Waals surface area contributed by atoms with Gasteiger partial charge in [-0.25, -0.2) is 9.97 Å². The maximum atomic E-state index is 12.7. The van der Waals surface area contributed by atoms with Crippen LogP contribution in [0.4, 0.5) is 0 Å². The standard InChI is InChI=1S/C16H10ClN3O2S/c17-14-13-11(18-8-19-14)7-12(23-13)16-10-4-2-1-3-9(10)15(21)20(16)5-6-22-16/h1-4,7-8H,5-6H2. The smallest absolute Gasteiger partial charge is 0.257 e. The summed E-state index contributed by atoms with van der Waals surface area (Å²) in [6.07, 6.45) is 1.44. The minimum Gasteiger partial charge on any atom is -0.345 e. The first kappa shape index (κ1) is 13.4. The molecule has 5 rings (SSSR count). The molecule has 5 nitrogen and oxygen atoms in total. The highest BCUT2D eigenvalue weighted by molar-refractivity contribution is 7.19. The zero-order chi connectivity index (χ0) is 15.6. The Kier molecular flexibility index (Phi) is 2.63. The van der Waals surface area contributed by atoms with Crippen LogP contribution in [-0.2, 0) is 10.5 Å². The maximum Gasteiger partial charge on any atom is 0.257 e. The predicted octanol–water partition coefficient (Wildman–Crippen LogP) is 3.03. The number of hydrogen-bond acceptors (Lipinski definition) is 5. The lowest BCUT2D eigenvalue weighted by molar-refractivity contribution is -0.0275. The number of amides is 1. The Balaban J connectivity index is 1.82. The van der Waals surface area contributed by atoms with Crippen LogP contribution in [0.2, 0.25) is 5.15 Å². The van der Waals surface area contributed by atoms with Crippen LogP contribution >= 0.6 is 22.9 Å². The highest BCUT2D eigenvalue weighted by Crippen LogP contribution is 2.50. The van der Waals surface area contributed by atoms with E-state index < -0.39 is 5.72 Å². The average Bonchev–Trinajstić information content (AvgIpc) is 3.23. The number of carbonyl (C=O) groups excluding carboxylic acids is 1. The van der Waals surface area contributed by atoms with Gasteiger partial charge in [0.25, 0.3) is 5.91 Å². The number of rotatable bonds is 1. The molecule has 0 aliphatic carbocycles. The Morgan fingerprint density at radius 3 is 3.04 bits per heavy atom. The summed E-state index contributed by atoms with van der Waals surface area (Å²) >= 11 is 7.66. The van der Waals surface area contributed by atoms with Gasteiger partial charge in [0.15, 0.2) is 0 Å². The summed E-state index contributed by atoms with van der Waals surface area (Å²) in [5.74, 6) is 0.00716. The largest absolute Gasteiger partial charge is 0.345 e. The molecule has 0 bridgehead atoms. The van der Waals surface area contributed by atoms with Crippen molar-refractivity contribution < 1.29 is 9.53 Å². The van der Waals surface area contributed by atoms with Crippen LogP contribution in [0.3, 0.4) is 0 Å². The van der Waals surface area contributed by atoms with Gasteiger partial charge >= 0.3 is 0 Å². The summed E-state index contributed by atoms with van der Waals surface area (Å²) in [6, 6.07) is 9.55. The second-order valence-electron chi connectivity index (χ2n) is 5.48. The molecule has 2 aliphatic rings. The number of carbonyl (C=O) groups is 1. The summed E-state index contributed by atoms with van der Waals surface area (Å²) in [5, 5.41) is 0.421. The monoisotopic (exact) mass is 343 g/mol. The predicted molar refractivity (Wildman–Crippen MR) is 86.6 cm³/mol. The van der Waals surface area contributed by atoms with E-state index in [-0.39, 0.29) is 5.91 Å². The molecule has 0 saturated carbocycles. The van der Waals surface area contributed by atoms with Crippen LogP contribution in [0.25, 0.3) is 10.2 Å². The second kappa shape index (κ2) is 4.50. The molecule has 1 saturated heterocycles. The van der Waals surface area contributed by atoms with Gasteiger partial charge in [-0.15, -0.1) is 11.3 Å². The van der Waals surface area contributed by atoms with E-state index in [9.17, 15) is 4.79 Å². The van der Waals surface area contributed by atoms with Gasteiger partial charge < -0.3 is 4.74 Å². The molecule has 2 aromatic heterocycles. The van der Waals surface area contributed by atoms with Crippen molar-refractivity contribution in [3.05, 3.63) is 57.8 Å². The van der Waals surface area contributed by atoms with E-state index in [4.69, 9.17) is 16.3 Å². The van der Waals surface area contributed by atoms with Crippen molar-refractivity contribution in [2.45, 2.75) is 5.72 Å². The van der Waals surface area contributed by atoms with Crippen molar-refractivity contribution in [2.24, 2.45) is 0 Å². The number of hydrogen-bond donors (Lipinski definition) is 0. The minimum atomic E-state index is -0.859. The fourth-order valence-electron chi connectivity index (χ4n) is 3.43. The van der Waals surface area contributed by atoms with E-state index in [0.29, 0.717) is 23.9 Å². The number of benzene rings is 1. The SMILES string of the molecule is O=C1c2ccccc2C2(c3cc4ncnc(Cl)c4s3)OCCN12. The van der Waals surface area contributed by atoms with E-state index >= 15 is 0 Å². The Bertz CT molecular complexity index is 973. The van der Waals surface area contributed by atoms with E-state index in [0.717, 1.165) is 20.7 Å². The summed E-state index contributed by atoms with van der Waals surface area (Å²) in [7, 11) is 0. The van der Waals surface area contributed by atoms with Crippen LogP contribution in [0.15, 0.2) is 36.7 Å². The van der Waals surface area contributed by atoms with Crippen molar-refractivity contribution in [2.75, 3.05) is 13.2 Å². The van der Waals surface area contributed by atoms with Crippen LogP contribution in [-0.4, -0.2) is 33.9 Å². The quantitative estimate of drug-likeness (QED) is 0.637. The van der Waals surface area contributed by atoms with Crippen molar-refractivity contribution in [3.8, 4) is 0 Å². The third-order valence-corrected chi connectivity index (χ3v) is 6.00. The zero-order valence-corrected chi connectivity index (χ0v) is 13.4. The van der Waals surface area contributed by atoms with E-state index in [1.54, 1.807) is 4.90 Å². The van der Waals surface area contributed by atoms with Gasteiger partial charge in [0.05, 0.1) is 21.7 Å². The number of halogens is 1. The van der Waals surface area contributed by atoms with Gasteiger partial charge in [0.1, 0.15) is 11.5 Å². The number of nitrogens with zero attached hydrogens (tertiary/aromatic N) is 3. The first-order chi connectivity index (χ1) is 11.2. The molecule has 2 aliphatic heterocycles. The summed E-state index contributed by atoms with van der Waals surface area (Å²) < 4.78 is 6.95. The molecule has 0 N–H and O–H groups in total. The summed E-state index contributed by atoms with van der Waals surface area (Å²) in [6.45, 7) is 1.08. The van der Waals surface area contributed by atoms with Crippen LogP contribution in [0.5, 0.6) is 0 Å². The highest BCUT2D eigenvalue weighted by Gasteiger charge is 2.56. The molecule has 0 radical (unpaired) electrons. The Morgan fingerprint density at radius 1 is 1.30 bits per heavy atom. The normalized spacial score (nSPS) is 22.7. The fourth-order valence-corrected chi connectivity index (χ4v) is 4.84. The fraction of sp³-hybridized carbons (Fsp3) is 0.188. The Labute approximate surface area is 140 Å². The molecule has 0 spiro atoms. The Hall–Kier alpha value is -2.02. The molecular formula is C16H10ClN3O2S. The summed E-state index contributed by atoms with van der Waals surface area (Å²) in [4.78, 5) is 23.7. The van der Waals surface area contributed by atoms with Gasteiger partial charge in [-0.05, 0) is 12.1 Å². The second-order valence-corrected chi connectivity index (χ2v) is 6.89. The average molecular weight is 344 g/mol. The molecule has 114 valence electrons. The van der Waals surface area contributed by atoms with E-state index in [2.05, 4.69) is 9.97 Å². The molecular weight excluding hydrogens is 334 g/mol. The molecule has 3 aromatic rings. The molecule has 23 heavy (non-hydrogen) atoms. The molecule has 1 atom stereocenters.